The van der Waals surface area contributed by atoms with Crippen molar-refractivity contribution in [3.05, 3.63) is 42.2 Å². The van der Waals surface area contributed by atoms with Crippen molar-refractivity contribution < 1.29 is 14.1 Å². The average molecular weight is 386 g/mol. The van der Waals surface area contributed by atoms with E-state index in [1.165, 1.54) is 18.0 Å². The Morgan fingerprint density at radius 1 is 1.33 bits per heavy atom. The molecule has 0 spiro atoms. The second kappa shape index (κ2) is 9.08. The summed E-state index contributed by atoms with van der Waals surface area (Å²) in [5, 5.41) is 4.46. The minimum Gasteiger partial charge on any atom is -0.462 e. The standard InChI is InChI=1S/C17H18N6O3S/c1-2-25-16(24)12-10-20-17(22-14(12)18)27-8-4-6-13-21-15(23-26-13)11-5-3-7-19-9-11/h3,5,7,9-10H,2,4,6,8H2,1H3,(H2,18,20,22). The molecule has 0 saturated heterocycles. The minimum absolute atomic E-state index is 0.115. The maximum Gasteiger partial charge on any atom is 0.343 e. The van der Waals surface area contributed by atoms with E-state index in [4.69, 9.17) is 15.0 Å². The first-order chi connectivity index (χ1) is 13.2. The quantitative estimate of drug-likeness (QED) is 0.266. The summed E-state index contributed by atoms with van der Waals surface area (Å²) in [7, 11) is 0. The van der Waals surface area contributed by atoms with E-state index in [0.717, 1.165) is 17.7 Å². The molecular formula is C17H18N6O3S. The van der Waals surface area contributed by atoms with Crippen LogP contribution in [0.5, 0.6) is 0 Å². The fourth-order valence-electron chi connectivity index (χ4n) is 2.17. The third-order valence-electron chi connectivity index (χ3n) is 3.45. The molecule has 0 radical (unpaired) electrons. The Hall–Kier alpha value is -3.01. The van der Waals surface area contributed by atoms with Gasteiger partial charge in [0.15, 0.2) is 5.16 Å². The average Bonchev–Trinajstić information content (AvgIpc) is 3.15. The van der Waals surface area contributed by atoms with Gasteiger partial charge in [-0.1, -0.05) is 16.9 Å². The number of carbonyl (C=O) groups is 1. The van der Waals surface area contributed by atoms with E-state index in [2.05, 4.69) is 25.1 Å². The smallest absolute Gasteiger partial charge is 0.343 e. The van der Waals surface area contributed by atoms with Gasteiger partial charge in [0, 0.05) is 36.3 Å². The molecule has 0 saturated carbocycles. The van der Waals surface area contributed by atoms with E-state index < -0.39 is 5.97 Å². The molecular weight excluding hydrogens is 368 g/mol. The number of nitrogen functional groups attached to an aromatic ring is 1. The lowest BCUT2D eigenvalue weighted by molar-refractivity contribution is 0.0526. The van der Waals surface area contributed by atoms with E-state index in [0.29, 0.717) is 23.3 Å². The zero-order chi connectivity index (χ0) is 19.1. The van der Waals surface area contributed by atoms with Crippen LogP contribution in [-0.4, -0.2) is 43.4 Å². The highest BCUT2D eigenvalue weighted by atomic mass is 32.2. The number of nitrogens with two attached hydrogens (primary N) is 1. The van der Waals surface area contributed by atoms with E-state index >= 15 is 0 Å². The number of esters is 1. The molecule has 3 aromatic heterocycles. The summed E-state index contributed by atoms with van der Waals surface area (Å²) in [6.45, 7) is 2.00. The van der Waals surface area contributed by atoms with Crippen molar-refractivity contribution in [1.29, 1.82) is 0 Å². The van der Waals surface area contributed by atoms with Gasteiger partial charge in [-0.2, -0.15) is 4.98 Å². The van der Waals surface area contributed by atoms with Crippen molar-refractivity contribution in [2.24, 2.45) is 0 Å². The Kier molecular flexibility index (Phi) is 6.31. The monoisotopic (exact) mass is 386 g/mol. The van der Waals surface area contributed by atoms with Crippen molar-refractivity contribution >= 4 is 23.5 Å². The highest BCUT2D eigenvalue weighted by Gasteiger charge is 2.14. The van der Waals surface area contributed by atoms with Crippen LogP contribution in [0, 0.1) is 0 Å². The van der Waals surface area contributed by atoms with Crippen LogP contribution in [0.3, 0.4) is 0 Å². The Labute approximate surface area is 159 Å². The van der Waals surface area contributed by atoms with Gasteiger partial charge in [0.2, 0.25) is 11.7 Å². The molecule has 27 heavy (non-hydrogen) atoms. The highest BCUT2D eigenvalue weighted by Crippen LogP contribution is 2.19. The number of hydrogen-bond acceptors (Lipinski definition) is 10. The molecule has 3 rings (SSSR count). The molecule has 3 aromatic rings. The van der Waals surface area contributed by atoms with Crippen LogP contribution >= 0.6 is 11.8 Å². The number of carbonyl (C=O) groups excluding carboxylic acids is 1. The van der Waals surface area contributed by atoms with Crippen molar-refractivity contribution in [2.75, 3.05) is 18.1 Å². The number of hydrogen-bond donors (Lipinski definition) is 1. The first kappa shape index (κ1) is 18.8. The molecule has 0 atom stereocenters. The molecule has 0 unspecified atom stereocenters. The second-order valence-electron chi connectivity index (χ2n) is 5.38. The highest BCUT2D eigenvalue weighted by molar-refractivity contribution is 7.99. The third-order valence-corrected chi connectivity index (χ3v) is 4.39. The molecule has 0 fully saturated rings. The maximum absolute atomic E-state index is 11.7. The van der Waals surface area contributed by atoms with Crippen LogP contribution in [0.1, 0.15) is 29.6 Å². The van der Waals surface area contributed by atoms with Crippen LogP contribution in [0.15, 0.2) is 40.4 Å². The summed E-state index contributed by atoms with van der Waals surface area (Å²) >= 11 is 1.44. The molecule has 9 nitrogen and oxygen atoms in total. The number of anilines is 1. The van der Waals surface area contributed by atoms with Crippen molar-refractivity contribution in [3.63, 3.8) is 0 Å². The number of thioether (sulfide) groups is 1. The van der Waals surface area contributed by atoms with Gasteiger partial charge >= 0.3 is 5.97 Å². The maximum atomic E-state index is 11.7. The number of nitrogens with zero attached hydrogens (tertiary/aromatic N) is 5. The van der Waals surface area contributed by atoms with E-state index in [1.807, 2.05) is 12.1 Å². The van der Waals surface area contributed by atoms with Crippen LogP contribution in [0.2, 0.25) is 0 Å². The normalized spacial score (nSPS) is 10.7. The number of aryl methyl sites for hydroxylation is 1. The first-order valence-electron chi connectivity index (χ1n) is 8.32. The molecule has 0 amide bonds. The summed E-state index contributed by atoms with van der Waals surface area (Å²) in [6.07, 6.45) is 6.20. The number of aromatic nitrogens is 5. The number of rotatable bonds is 8. The van der Waals surface area contributed by atoms with E-state index in [-0.39, 0.29) is 18.0 Å². The Bertz CT molecular complexity index is 903. The molecule has 10 heteroatoms. The topological polar surface area (TPSA) is 130 Å². The Morgan fingerprint density at radius 3 is 2.96 bits per heavy atom. The predicted octanol–water partition coefficient (Wildman–Crippen LogP) is 2.41. The van der Waals surface area contributed by atoms with Gasteiger partial charge in [-0.05, 0) is 25.5 Å². The van der Waals surface area contributed by atoms with Gasteiger partial charge in [-0.3, -0.25) is 4.98 Å². The molecule has 140 valence electrons. The third kappa shape index (κ3) is 5.00. The zero-order valence-corrected chi connectivity index (χ0v) is 15.5. The van der Waals surface area contributed by atoms with Gasteiger partial charge in [0.25, 0.3) is 0 Å². The Morgan fingerprint density at radius 2 is 2.22 bits per heavy atom. The molecule has 0 aliphatic rings. The Balaban J connectivity index is 1.49. The molecule has 0 aliphatic heterocycles. The lowest BCUT2D eigenvalue weighted by atomic mass is 10.3. The fourth-order valence-corrected chi connectivity index (χ4v) is 2.93. The molecule has 2 N–H and O–H groups in total. The fraction of sp³-hybridized carbons (Fsp3) is 0.294. The van der Waals surface area contributed by atoms with Crippen LogP contribution in [0.25, 0.3) is 11.4 Å². The van der Waals surface area contributed by atoms with E-state index in [9.17, 15) is 4.79 Å². The summed E-state index contributed by atoms with van der Waals surface area (Å²) in [4.78, 5) is 28.4. The van der Waals surface area contributed by atoms with Crippen LogP contribution in [-0.2, 0) is 11.2 Å². The molecule has 0 bridgehead atoms. The number of ether oxygens (including phenoxy) is 1. The van der Waals surface area contributed by atoms with Gasteiger partial charge in [0.05, 0.1) is 6.61 Å². The lowest BCUT2D eigenvalue weighted by Gasteiger charge is -2.05. The van der Waals surface area contributed by atoms with Crippen LogP contribution < -0.4 is 5.73 Å². The lowest BCUT2D eigenvalue weighted by Crippen LogP contribution is -2.10. The van der Waals surface area contributed by atoms with Gasteiger partial charge in [-0.25, -0.2) is 14.8 Å². The molecule has 0 aromatic carbocycles. The summed E-state index contributed by atoms with van der Waals surface area (Å²) in [5.41, 5.74) is 6.79. The number of pyridine rings is 1. The predicted molar refractivity (Wildman–Crippen MR) is 99.0 cm³/mol. The first-order valence-corrected chi connectivity index (χ1v) is 9.31. The van der Waals surface area contributed by atoms with Crippen molar-refractivity contribution in [3.8, 4) is 11.4 Å². The zero-order valence-electron chi connectivity index (χ0n) is 14.7. The van der Waals surface area contributed by atoms with Crippen LogP contribution in [0.4, 0.5) is 5.82 Å². The van der Waals surface area contributed by atoms with Gasteiger partial charge in [-0.15, -0.1) is 0 Å². The second-order valence-corrected chi connectivity index (χ2v) is 6.44. The van der Waals surface area contributed by atoms with Crippen molar-refractivity contribution in [1.82, 2.24) is 25.1 Å². The van der Waals surface area contributed by atoms with Gasteiger partial charge in [0.1, 0.15) is 11.4 Å². The van der Waals surface area contributed by atoms with Gasteiger partial charge < -0.3 is 15.0 Å². The minimum atomic E-state index is -0.521. The summed E-state index contributed by atoms with van der Waals surface area (Å²) in [5.74, 6) is 1.42. The van der Waals surface area contributed by atoms with Crippen molar-refractivity contribution in [2.45, 2.75) is 24.9 Å². The summed E-state index contributed by atoms with van der Waals surface area (Å²) < 4.78 is 10.2. The SMILES string of the molecule is CCOC(=O)c1cnc(SCCCc2nc(-c3cccnc3)no2)nc1N. The molecule has 3 heterocycles. The van der Waals surface area contributed by atoms with E-state index in [1.54, 1.807) is 19.3 Å². The molecule has 0 aliphatic carbocycles. The largest absolute Gasteiger partial charge is 0.462 e. The summed E-state index contributed by atoms with van der Waals surface area (Å²) in [6, 6.07) is 3.69.